The third-order valence-electron chi connectivity index (χ3n) is 2.18. The Balaban J connectivity index is 2.78. The summed E-state index contributed by atoms with van der Waals surface area (Å²) in [5.41, 5.74) is 6.52. The minimum absolute atomic E-state index is 0.389. The van der Waals surface area contributed by atoms with Gasteiger partial charge in [0.1, 0.15) is 11.8 Å². The maximum atomic E-state index is 11.1. The van der Waals surface area contributed by atoms with E-state index in [2.05, 4.69) is 4.74 Å². The maximum Gasteiger partial charge on any atom is 0.322 e. The van der Waals surface area contributed by atoms with E-state index in [0.717, 1.165) is 5.56 Å². The number of carbonyl (C=O) groups is 1. The monoisotopic (exact) mass is 243 g/mol. The Morgan fingerprint density at radius 3 is 2.75 bits per heavy atom. The molecule has 0 saturated heterocycles. The first-order valence-corrected chi connectivity index (χ1v) is 5.12. The van der Waals surface area contributed by atoms with Crippen LogP contribution in [0.25, 0.3) is 0 Å². The Kier molecular flexibility index (Phi) is 4.58. The molecule has 0 heterocycles. The largest absolute Gasteiger partial charge is 0.495 e. The average molecular weight is 244 g/mol. The van der Waals surface area contributed by atoms with Gasteiger partial charge in [-0.05, 0) is 24.1 Å². The van der Waals surface area contributed by atoms with Gasteiger partial charge in [-0.3, -0.25) is 4.79 Å². The van der Waals surface area contributed by atoms with Crippen molar-refractivity contribution in [2.24, 2.45) is 5.73 Å². The molecule has 1 atom stereocenters. The smallest absolute Gasteiger partial charge is 0.322 e. The SMILES string of the molecule is COC(=O)C(N)Cc1ccc(Cl)c(OC)c1. The van der Waals surface area contributed by atoms with Gasteiger partial charge in [-0.2, -0.15) is 0 Å². The zero-order valence-corrected chi connectivity index (χ0v) is 9.95. The zero-order chi connectivity index (χ0) is 12.1. The molecule has 0 spiro atoms. The summed E-state index contributed by atoms with van der Waals surface area (Å²) in [6, 6.07) is 4.59. The molecule has 16 heavy (non-hydrogen) atoms. The lowest BCUT2D eigenvalue weighted by Gasteiger charge is -2.10. The molecule has 0 aliphatic rings. The summed E-state index contributed by atoms with van der Waals surface area (Å²) in [6.45, 7) is 0. The number of esters is 1. The van der Waals surface area contributed by atoms with Gasteiger partial charge in [0, 0.05) is 0 Å². The topological polar surface area (TPSA) is 61.5 Å². The molecule has 0 amide bonds. The molecule has 88 valence electrons. The second kappa shape index (κ2) is 5.72. The van der Waals surface area contributed by atoms with Gasteiger partial charge < -0.3 is 15.2 Å². The molecule has 0 radical (unpaired) electrons. The van der Waals surface area contributed by atoms with Crippen molar-refractivity contribution in [3.63, 3.8) is 0 Å². The van der Waals surface area contributed by atoms with E-state index in [-0.39, 0.29) is 0 Å². The van der Waals surface area contributed by atoms with Crippen LogP contribution in [0.5, 0.6) is 5.75 Å². The molecule has 0 saturated carbocycles. The molecule has 1 unspecified atom stereocenters. The number of hydrogen-bond acceptors (Lipinski definition) is 4. The summed E-state index contributed by atoms with van der Waals surface area (Å²) in [7, 11) is 2.84. The first-order chi connectivity index (χ1) is 7.58. The number of methoxy groups -OCH3 is 2. The Labute approximate surface area is 99.3 Å². The van der Waals surface area contributed by atoms with Gasteiger partial charge in [0.15, 0.2) is 0 Å². The van der Waals surface area contributed by atoms with E-state index in [0.29, 0.717) is 17.2 Å². The fraction of sp³-hybridized carbons (Fsp3) is 0.364. The molecule has 1 aromatic carbocycles. The molecule has 0 bridgehead atoms. The van der Waals surface area contributed by atoms with Crippen LogP contribution in [0.1, 0.15) is 5.56 Å². The van der Waals surface area contributed by atoms with Crippen molar-refractivity contribution in [3.05, 3.63) is 28.8 Å². The van der Waals surface area contributed by atoms with E-state index in [1.807, 2.05) is 0 Å². The van der Waals surface area contributed by atoms with Gasteiger partial charge in [-0.25, -0.2) is 0 Å². The minimum atomic E-state index is -0.670. The molecule has 1 rings (SSSR count). The quantitative estimate of drug-likeness (QED) is 0.812. The molecule has 4 nitrogen and oxygen atoms in total. The zero-order valence-electron chi connectivity index (χ0n) is 9.20. The molecule has 0 aliphatic heterocycles. The molecule has 2 N–H and O–H groups in total. The lowest BCUT2D eigenvalue weighted by atomic mass is 10.1. The number of carbonyl (C=O) groups excluding carboxylic acids is 1. The van der Waals surface area contributed by atoms with Crippen LogP contribution < -0.4 is 10.5 Å². The van der Waals surface area contributed by atoms with Gasteiger partial charge in [0.25, 0.3) is 0 Å². The van der Waals surface area contributed by atoms with Gasteiger partial charge in [-0.1, -0.05) is 17.7 Å². The van der Waals surface area contributed by atoms with Crippen molar-refractivity contribution in [2.75, 3.05) is 14.2 Å². The van der Waals surface area contributed by atoms with Crippen LogP contribution in [-0.4, -0.2) is 26.2 Å². The second-order valence-corrected chi connectivity index (χ2v) is 3.71. The van der Waals surface area contributed by atoms with Crippen LogP contribution in [0, 0.1) is 0 Å². The first kappa shape index (κ1) is 12.8. The van der Waals surface area contributed by atoms with Crippen LogP contribution in [0.3, 0.4) is 0 Å². The van der Waals surface area contributed by atoms with Crippen molar-refractivity contribution in [3.8, 4) is 5.75 Å². The standard InChI is InChI=1S/C11H14ClNO3/c1-15-10-6-7(3-4-8(10)12)5-9(13)11(14)16-2/h3-4,6,9H,5,13H2,1-2H3. The molecule has 0 fully saturated rings. The number of nitrogens with two attached hydrogens (primary N) is 1. The highest BCUT2D eigenvalue weighted by Gasteiger charge is 2.14. The number of hydrogen-bond donors (Lipinski definition) is 1. The summed E-state index contributed by atoms with van der Waals surface area (Å²) in [5.74, 6) is 0.130. The van der Waals surface area contributed by atoms with Crippen molar-refractivity contribution >= 4 is 17.6 Å². The summed E-state index contributed by atoms with van der Waals surface area (Å²) in [4.78, 5) is 11.1. The normalized spacial score (nSPS) is 12.0. The Bertz CT molecular complexity index is 381. The van der Waals surface area contributed by atoms with E-state index < -0.39 is 12.0 Å². The predicted molar refractivity (Wildman–Crippen MR) is 61.7 cm³/mol. The molecular formula is C11H14ClNO3. The van der Waals surface area contributed by atoms with E-state index in [9.17, 15) is 4.79 Å². The highest BCUT2D eigenvalue weighted by Crippen LogP contribution is 2.25. The number of rotatable bonds is 4. The highest BCUT2D eigenvalue weighted by molar-refractivity contribution is 6.32. The molecular weight excluding hydrogens is 230 g/mol. The highest BCUT2D eigenvalue weighted by atomic mass is 35.5. The Morgan fingerprint density at radius 1 is 1.50 bits per heavy atom. The number of benzene rings is 1. The fourth-order valence-electron chi connectivity index (χ4n) is 1.32. The average Bonchev–Trinajstić information content (AvgIpc) is 2.30. The van der Waals surface area contributed by atoms with Crippen LogP contribution in [0.2, 0.25) is 5.02 Å². The van der Waals surface area contributed by atoms with Gasteiger partial charge in [-0.15, -0.1) is 0 Å². The van der Waals surface area contributed by atoms with E-state index >= 15 is 0 Å². The van der Waals surface area contributed by atoms with E-state index in [1.54, 1.807) is 18.2 Å². The summed E-state index contributed by atoms with van der Waals surface area (Å²) < 4.78 is 9.61. The van der Waals surface area contributed by atoms with Gasteiger partial charge in [0.05, 0.1) is 19.2 Å². The molecule has 0 aliphatic carbocycles. The van der Waals surface area contributed by atoms with Gasteiger partial charge >= 0.3 is 5.97 Å². The second-order valence-electron chi connectivity index (χ2n) is 3.30. The summed E-state index contributed by atoms with van der Waals surface area (Å²) >= 11 is 5.87. The van der Waals surface area contributed by atoms with Crippen molar-refractivity contribution in [1.29, 1.82) is 0 Å². The Morgan fingerprint density at radius 2 is 2.19 bits per heavy atom. The van der Waals surface area contributed by atoms with Crippen LogP contribution in [0.4, 0.5) is 0 Å². The summed E-state index contributed by atoms with van der Waals surface area (Å²) in [6.07, 6.45) is 0.389. The van der Waals surface area contributed by atoms with E-state index in [1.165, 1.54) is 14.2 Å². The number of halogens is 1. The molecule has 5 heteroatoms. The lowest BCUT2D eigenvalue weighted by molar-refractivity contribution is -0.142. The van der Waals surface area contributed by atoms with Crippen molar-refractivity contribution in [2.45, 2.75) is 12.5 Å². The molecule has 0 aromatic heterocycles. The fourth-order valence-corrected chi connectivity index (χ4v) is 1.51. The van der Waals surface area contributed by atoms with Crippen LogP contribution in [-0.2, 0) is 16.0 Å². The van der Waals surface area contributed by atoms with Gasteiger partial charge in [0.2, 0.25) is 0 Å². The third kappa shape index (κ3) is 3.12. The number of ether oxygens (including phenoxy) is 2. The molecule has 1 aromatic rings. The maximum absolute atomic E-state index is 11.1. The summed E-state index contributed by atoms with van der Waals surface area (Å²) in [5, 5.41) is 0.526. The van der Waals surface area contributed by atoms with Crippen LogP contribution in [0.15, 0.2) is 18.2 Å². The van der Waals surface area contributed by atoms with Crippen LogP contribution >= 0.6 is 11.6 Å². The lowest BCUT2D eigenvalue weighted by Crippen LogP contribution is -2.33. The minimum Gasteiger partial charge on any atom is -0.495 e. The van der Waals surface area contributed by atoms with Crippen molar-refractivity contribution < 1.29 is 14.3 Å². The van der Waals surface area contributed by atoms with E-state index in [4.69, 9.17) is 22.1 Å². The predicted octanol–water partition coefficient (Wildman–Crippen LogP) is 1.39. The third-order valence-corrected chi connectivity index (χ3v) is 2.49. The first-order valence-electron chi connectivity index (χ1n) is 4.74. The Hall–Kier alpha value is -1.26. The van der Waals surface area contributed by atoms with Crippen molar-refractivity contribution in [1.82, 2.24) is 0 Å².